The van der Waals surface area contributed by atoms with Crippen molar-refractivity contribution in [1.82, 2.24) is 35.1 Å². The van der Waals surface area contributed by atoms with E-state index < -0.39 is 0 Å². The van der Waals surface area contributed by atoms with Gasteiger partial charge in [0.15, 0.2) is 0 Å². The van der Waals surface area contributed by atoms with Crippen molar-refractivity contribution in [2.45, 2.75) is 64.1 Å². The molecule has 0 radical (unpaired) electrons. The number of nitrogens with one attached hydrogen (secondary N) is 3. The fraction of sp³-hybridized carbons (Fsp3) is 0.364. The number of aromatic nitrogens is 4. The van der Waals surface area contributed by atoms with E-state index in [-0.39, 0.29) is 35.7 Å². The summed E-state index contributed by atoms with van der Waals surface area (Å²) in [5.74, 6) is -0.400. The van der Waals surface area contributed by atoms with E-state index in [0.717, 1.165) is 42.4 Å². The second-order valence-electron chi connectivity index (χ2n) is 12.0. The minimum absolute atomic E-state index is 0.0279. The Morgan fingerprint density at radius 1 is 1.09 bits per heavy atom. The van der Waals surface area contributed by atoms with Gasteiger partial charge in [0.1, 0.15) is 17.5 Å². The van der Waals surface area contributed by atoms with Gasteiger partial charge in [0.25, 0.3) is 5.91 Å². The summed E-state index contributed by atoms with van der Waals surface area (Å²) in [7, 11) is 0. The molecule has 2 aliphatic rings. The van der Waals surface area contributed by atoms with E-state index >= 15 is 0 Å². The highest BCUT2D eigenvalue weighted by Gasteiger charge is 2.29. The lowest BCUT2D eigenvalue weighted by Gasteiger charge is -2.32. The van der Waals surface area contributed by atoms with Crippen LogP contribution < -0.4 is 16.0 Å². The van der Waals surface area contributed by atoms with E-state index in [1.807, 2.05) is 49.0 Å². The Morgan fingerprint density at radius 3 is 2.67 bits per heavy atom. The number of carbonyl (C=O) groups excluding carboxylic acids is 3. The van der Waals surface area contributed by atoms with E-state index in [0.29, 0.717) is 47.7 Å². The highest BCUT2D eigenvalue weighted by molar-refractivity contribution is 6.01. The van der Waals surface area contributed by atoms with Gasteiger partial charge in [-0.25, -0.2) is 9.97 Å². The molecular formula is C33H35N9O3. The molecule has 6 heterocycles. The second-order valence-corrected chi connectivity index (χ2v) is 12.0. The van der Waals surface area contributed by atoms with Crippen molar-refractivity contribution in [3.05, 3.63) is 77.5 Å². The molecule has 2 fully saturated rings. The van der Waals surface area contributed by atoms with Crippen LogP contribution in [-0.2, 0) is 16.1 Å². The lowest BCUT2D eigenvalue weighted by atomic mass is 9.91. The zero-order chi connectivity index (χ0) is 31.5. The molecule has 45 heavy (non-hydrogen) atoms. The van der Waals surface area contributed by atoms with Gasteiger partial charge in [-0.2, -0.15) is 5.26 Å². The van der Waals surface area contributed by atoms with E-state index in [4.69, 9.17) is 0 Å². The van der Waals surface area contributed by atoms with Crippen LogP contribution in [0.2, 0.25) is 0 Å². The molecule has 4 aromatic rings. The average molecular weight is 606 g/mol. The molecule has 1 unspecified atom stereocenters. The van der Waals surface area contributed by atoms with Crippen molar-refractivity contribution in [3.63, 3.8) is 0 Å². The first kappa shape index (κ1) is 29.9. The Hall–Kier alpha value is -5.15. The number of nitrogens with zero attached hydrogens (tertiary/aromatic N) is 6. The van der Waals surface area contributed by atoms with Gasteiger partial charge in [0, 0.05) is 80.6 Å². The fourth-order valence-electron chi connectivity index (χ4n) is 6.01. The van der Waals surface area contributed by atoms with Crippen LogP contribution in [0.4, 0.5) is 5.69 Å². The van der Waals surface area contributed by atoms with Crippen LogP contribution in [0.5, 0.6) is 0 Å². The third kappa shape index (κ3) is 6.68. The standard InChI is InChI=1S/C33H35N9O3/c1-20(2)38-28-13-29(42-10-5-23-11-21(14-34)16-37-31(23)42)36-18-27(28)33(45)39-25-6-8-41(9-7-25)19-22-12-24(17-35-15-22)26-3-4-30(43)40-32(26)44/h5,10-13,15-18,20,25-26H,3-4,6-9,19H2,1-2H3,(H,36,38)(H,39,45)(H,40,43,44). The van der Waals surface area contributed by atoms with E-state index in [1.54, 1.807) is 18.5 Å². The summed E-state index contributed by atoms with van der Waals surface area (Å²) in [4.78, 5) is 53.1. The van der Waals surface area contributed by atoms with E-state index in [9.17, 15) is 19.6 Å². The summed E-state index contributed by atoms with van der Waals surface area (Å²) in [5, 5.41) is 19.1. The van der Waals surface area contributed by atoms with Gasteiger partial charge < -0.3 is 10.6 Å². The van der Waals surface area contributed by atoms with Crippen molar-refractivity contribution in [2.75, 3.05) is 18.4 Å². The Kier molecular flexibility index (Phi) is 8.53. The number of likely N-dealkylation sites (tertiary alicyclic amines) is 1. The number of pyridine rings is 3. The lowest BCUT2D eigenvalue weighted by molar-refractivity contribution is -0.134. The topological polar surface area (TPSA) is 158 Å². The van der Waals surface area contributed by atoms with E-state index in [1.165, 1.54) is 6.20 Å². The number of hydrogen-bond acceptors (Lipinski definition) is 9. The van der Waals surface area contributed by atoms with Crippen molar-refractivity contribution in [2.24, 2.45) is 0 Å². The number of fused-ring (bicyclic) bond motifs is 1. The maximum atomic E-state index is 13.5. The third-order valence-corrected chi connectivity index (χ3v) is 8.27. The molecular weight excluding hydrogens is 570 g/mol. The number of nitriles is 1. The molecule has 2 saturated heterocycles. The van der Waals surface area contributed by atoms with Crippen LogP contribution in [0.15, 0.2) is 55.2 Å². The zero-order valence-corrected chi connectivity index (χ0v) is 25.3. The quantitative estimate of drug-likeness (QED) is 0.256. The summed E-state index contributed by atoms with van der Waals surface area (Å²) in [6.07, 6.45) is 11.0. The highest BCUT2D eigenvalue weighted by atomic mass is 16.2. The molecule has 0 spiro atoms. The van der Waals surface area contributed by atoms with Crippen LogP contribution in [0.3, 0.4) is 0 Å². The van der Waals surface area contributed by atoms with Gasteiger partial charge in [0.2, 0.25) is 11.8 Å². The van der Waals surface area contributed by atoms with Crippen LogP contribution in [0, 0.1) is 11.3 Å². The van der Waals surface area contributed by atoms with Crippen molar-refractivity contribution in [3.8, 4) is 11.9 Å². The molecule has 230 valence electrons. The van der Waals surface area contributed by atoms with Crippen molar-refractivity contribution >= 4 is 34.4 Å². The molecule has 0 aromatic carbocycles. The Labute approximate surface area is 260 Å². The molecule has 6 rings (SSSR count). The van der Waals surface area contributed by atoms with Gasteiger partial charge in [-0.15, -0.1) is 0 Å². The normalized spacial score (nSPS) is 17.7. The zero-order valence-electron chi connectivity index (χ0n) is 25.3. The molecule has 3 amide bonds. The number of piperidine rings is 2. The van der Waals surface area contributed by atoms with Crippen LogP contribution >= 0.6 is 0 Å². The first-order valence-electron chi connectivity index (χ1n) is 15.2. The average Bonchev–Trinajstić information content (AvgIpc) is 3.45. The van der Waals surface area contributed by atoms with Gasteiger partial charge in [-0.05, 0) is 56.4 Å². The summed E-state index contributed by atoms with van der Waals surface area (Å²) in [5.41, 5.74) is 4.18. The SMILES string of the molecule is CC(C)Nc1cc(-n2ccc3cc(C#N)cnc32)ncc1C(=O)NC1CCN(Cc2cncc(C3CCC(=O)NC3=O)c2)CC1. The van der Waals surface area contributed by atoms with Crippen LogP contribution in [0.1, 0.15) is 72.5 Å². The maximum Gasteiger partial charge on any atom is 0.255 e. The molecule has 1 atom stereocenters. The first-order valence-corrected chi connectivity index (χ1v) is 15.2. The molecule has 12 heteroatoms. The van der Waals surface area contributed by atoms with Gasteiger partial charge >= 0.3 is 0 Å². The molecule has 0 bridgehead atoms. The van der Waals surface area contributed by atoms with Gasteiger partial charge in [-0.3, -0.25) is 34.2 Å². The number of anilines is 1. The van der Waals surface area contributed by atoms with Gasteiger partial charge in [-0.1, -0.05) is 6.07 Å². The molecule has 12 nitrogen and oxygen atoms in total. The highest BCUT2D eigenvalue weighted by Crippen LogP contribution is 2.26. The molecule has 0 saturated carbocycles. The van der Waals surface area contributed by atoms with Crippen molar-refractivity contribution < 1.29 is 14.4 Å². The molecule has 4 aromatic heterocycles. The minimum atomic E-state index is -0.355. The van der Waals surface area contributed by atoms with E-state index in [2.05, 4.69) is 41.9 Å². The van der Waals surface area contributed by atoms with Crippen LogP contribution in [-0.4, -0.2) is 67.3 Å². The Balaban J connectivity index is 1.09. The number of rotatable bonds is 8. The predicted octanol–water partition coefficient (Wildman–Crippen LogP) is 3.42. The Morgan fingerprint density at radius 2 is 1.91 bits per heavy atom. The predicted molar refractivity (Wildman–Crippen MR) is 167 cm³/mol. The number of imide groups is 1. The summed E-state index contributed by atoms with van der Waals surface area (Å²) in [6, 6.07) is 9.77. The summed E-state index contributed by atoms with van der Waals surface area (Å²) in [6.45, 7) is 6.35. The monoisotopic (exact) mass is 605 g/mol. The largest absolute Gasteiger partial charge is 0.382 e. The van der Waals surface area contributed by atoms with Crippen LogP contribution in [0.25, 0.3) is 16.9 Å². The molecule has 0 aliphatic carbocycles. The summed E-state index contributed by atoms with van der Waals surface area (Å²) >= 11 is 0. The second kappa shape index (κ2) is 12.8. The Bertz CT molecular complexity index is 1800. The summed E-state index contributed by atoms with van der Waals surface area (Å²) < 4.78 is 1.84. The lowest BCUT2D eigenvalue weighted by Crippen LogP contribution is -2.44. The minimum Gasteiger partial charge on any atom is -0.382 e. The van der Waals surface area contributed by atoms with Gasteiger partial charge in [0.05, 0.1) is 22.7 Å². The maximum absolute atomic E-state index is 13.5. The molecule has 2 aliphatic heterocycles. The number of carbonyl (C=O) groups is 3. The third-order valence-electron chi connectivity index (χ3n) is 8.27. The smallest absolute Gasteiger partial charge is 0.255 e. The number of amides is 3. The molecule has 3 N–H and O–H groups in total. The number of hydrogen-bond donors (Lipinski definition) is 3. The fourth-order valence-corrected chi connectivity index (χ4v) is 6.01. The first-order chi connectivity index (χ1) is 21.8. The van der Waals surface area contributed by atoms with Crippen molar-refractivity contribution in [1.29, 1.82) is 5.26 Å².